The molecular formula is C7H9N5O4. The summed E-state index contributed by atoms with van der Waals surface area (Å²) in [4.78, 5) is 32.4. The van der Waals surface area contributed by atoms with E-state index in [1.807, 2.05) is 0 Å². The minimum absolute atomic E-state index is 0.103. The summed E-state index contributed by atoms with van der Waals surface area (Å²) in [5.41, 5.74) is 3.90. The molecule has 16 heavy (non-hydrogen) atoms. The van der Waals surface area contributed by atoms with Gasteiger partial charge in [-0.15, -0.1) is 0 Å². The van der Waals surface area contributed by atoms with Gasteiger partial charge >= 0.3 is 5.69 Å². The third kappa shape index (κ3) is 1.69. The summed E-state index contributed by atoms with van der Waals surface area (Å²) in [6.45, 7) is 0. The van der Waals surface area contributed by atoms with Crippen molar-refractivity contribution < 1.29 is 14.5 Å². The molecule has 86 valence electrons. The number of aryl methyl sites for hydroxylation is 1. The molecule has 0 aliphatic rings. The van der Waals surface area contributed by atoms with Crippen molar-refractivity contribution in [3.8, 4) is 0 Å². The largest absolute Gasteiger partial charge is 0.364 e. The van der Waals surface area contributed by atoms with Gasteiger partial charge in [0.1, 0.15) is 0 Å². The first-order chi connectivity index (χ1) is 7.40. The number of rotatable bonds is 4. The lowest BCUT2D eigenvalue weighted by atomic mass is 10.3. The van der Waals surface area contributed by atoms with Crippen molar-refractivity contribution in [2.45, 2.75) is 0 Å². The average Bonchev–Trinajstić information content (AvgIpc) is 2.55. The maximum absolute atomic E-state index is 10.9. The lowest BCUT2D eigenvalue weighted by molar-refractivity contribution is -0.384. The highest BCUT2D eigenvalue weighted by Gasteiger charge is 2.31. The van der Waals surface area contributed by atoms with E-state index >= 15 is 0 Å². The van der Waals surface area contributed by atoms with Gasteiger partial charge in [-0.1, -0.05) is 0 Å². The number of primary amides is 1. The van der Waals surface area contributed by atoms with E-state index in [-0.39, 0.29) is 5.82 Å². The lowest BCUT2D eigenvalue weighted by Gasteiger charge is -2.08. The first kappa shape index (κ1) is 11.6. The van der Waals surface area contributed by atoms with E-state index in [2.05, 4.69) is 5.10 Å². The Morgan fingerprint density at radius 2 is 2.25 bits per heavy atom. The standard InChI is InChI=1S/C7H9N5O4/c1-10(3-13)7-5(12(15)16)4(6(8)14)9-11(7)2/h3H,1-2H3,(H2,8,14). The normalized spacial score (nSPS) is 9.88. The van der Waals surface area contributed by atoms with Crippen LogP contribution in [0.3, 0.4) is 0 Å². The maximum Gasteiger partial charge on any atom is 0.344 e. The summed E-state index contributed by atoms with van der Waals surface area (Å²) in [5.74, 6) is -1.12. The van der Waals surface area contributed by atoms with Crippen LogP contribution in [0.2, 0.25) is 0 Å². The van der Waals surface area contributed by atoms with E-state index in [4.69, 9.17) is 5.73 Å². The van der Waals surface area contributed by atoms with Crippen LogP contribution < -0.4 is 10.6 Å². The maximum atomic E-state index is 10.9. The summed E-state index contributed by atoms with van der Waals surface area (Å²) in [6.07, 6.45) is 0.370. The zero-order valence-corrected chi connectivity index (χ0v) is 8.58. The molecule has 0 spiro atoms. The Balaban J connectivity index is 3.53. The molecule has 0 bridgehead atoms. The third-order valence-electron chi connectivity index (χ3n) is 1.90. The fraction of sp³-hybridized carbons (Fsp3) is 0.286. The van der Waals surface area contributed by atoms with Crippen molar-refractivity contribution in [2.75, 3.05) is 11.9 Å². The van der Waals surface area contributed by atoms with Gasteiger partial charge in [-0.05, 0) is 0 Å². The molecule has 9 heteroatoms. The number of carbonyl (C=O) groups excluding carboxylic acids is 2. The van der Waals surface area contributed by atoms with Crippen LogP contribution in [0.1, 0.15) is 10.5 Å². The monoisotopic (exact) mass is 227 g/mol. The molecule has 0 saturated heterocycles. The smallest absolute Gasteiger partial charge is 0.344 e. The molecule has 0 atom stereocenters. The van der Waals surface area contributed by atoms with Gasteiger partial charge in [0.15, 0.2) is 0 Å². The highest BCUT2D eigenvalue weighted by Crippen LogP contribution is 2.29. The van der Waals surface area contributed by atoms with Gasteiger partial charge in [0.2, 0.25) is 17.9 Å². The Morgan fingerprint density at radius 3 is 2.62 bits per heavy atom. The number of aromatic nitrogens is 2. The van der Waals surface area contributed by atoms with Gasteiger partial charge in [0, 0.05) is 14.1 Å². The van der Waals surface area contributed by atoms with Gasteiger partial charge < -0.3 is 5.73 Å². The van der Waals surface area contributed by atoms with Gasteiger partial charge in [0.25, 0.3) is 5.91 Å². The van der Waals surface area contributed by atoms with E-state index in [0.717, 1.165) is 9.58 Å². The van der Waals surface area contributed by atoms with Gasteiger partial charge in [0.05, 0.1) is 4.92 Å². The van der Waals surface area contributed by atoms with Crippen LogP contribution in [-0.2, 0) is 11.8 Å². The van der Waals surface area contributed by atoms with Crippen LogP contribution in [0.25, 0.3) is 0 Å². The molecule has 9 nitrogen and oxygen atoms in total. The summed E-state index contributed by atoms with van der Waals surface area (Å²) in [7, 11) is 2.68. The number of carbonyl (C=O) groups is 2. The first-order valence-corrected chi connectivity index (χ1v) is 4.09. The molecule has 2 N–H and O–H groups in total. The second-order valence-electron chi connectivity index (χ2n) is 2.98. The van der Waals surface area contributed by atoms with Crippen molar-refractivity contribution >= 4 is 23.8 Å². The van der Waals surface area contributed by atoms with Crippen molar-refractivity contribution in [1.29, 1.82) is 0 Å². The Hall–Kier alpha value is -2.45. The molecule has 0 fully saturated rings. The lowest BCUT2D eigenvalue weighted by Crippen LogP contribution is -2.18. The minimum atomic E-state index is -1.02. The summed E-state index contributed by atoms with van der Waals surface area (Å²) >= 11 is 0. The molecular weight excluding hydrogens is 218 g/mol. The van der Waals surface area contributed by atoms with E-state index < -0.39 is 22.2 Å². The third-order valence-corrected chi connectivity index (χ3v) is 1.90. The average molecular weight is 227 g/mol. The summed E-state index contributed by atoms with van der Waals surface area (Å²) in [5, 5.41) is 14.4. The van der Waals surface area contributed by atoms with Gasteiger partial charge in [-0.2, -0.15) is 5.10 Å². The number of anilines is 1. The molecule has 1 aromatic heterocycles. The van der Waals surface area contributed by atoms with Crippen LogP contribution in [0.15, 0.2) is 0 Å². The summed E-state index contributed by atoms with van der Waals surface area (Å²) in [6, 6.07) is 0. The number of hydrogen-bond donors (Lipinski definition) is 1. The summed E-state index contributed by atoms with van der Waals surface area (Å²) < 4.78 is 1.05. The predicted molar refractivity (Wildman–Crippen MR) is 52.8 cm³/mol. The van der Waals surface area contributed by atoms with Crippen LogP contribution in [0, 0.1) is 10.1 Å². The van der Waals surface area contributed by atoms with Crippen LogP contribution in [-0.4, -0.2) is 34.1 Å². The highest BCUT2D eigenvalue weighted by atomic mass is 16.6. The molecule has 0 aliphatic carbocycles. The van der Waals surface area contributed by atoms with Crippen molar-refractivity contribution in [3.05, 3.63) is 15.8 Å². The predicted octanol–water partition coefficient (Wildman–Crippen LogP) is -0.980. The molecule has 1 aromatic rings. The minimum Gasteiger partial charge on any atom is -0.364 e. The quantitative estimate of drug-likeness (QED) is 0.402. The fourth-order valence-electron chi connectivity index (χ4n) is 1.28. The molecule has 0 radical (unpaired) electrons. The van der Waals surface area contributed by atoms with Crippen LogP contribution in [0.4, 0.5) is 11.5 Å². The van der Waals surface area contributed by atoms with Gasteiger partial charge in [-0.25, -0.2) is 4.68 Å². The second kappa shape index (κ2) is 3.96. The number of nitrogens with two attached hydrogens (primary N) is 1. The van der Waals surface area contributed by atoms with Crippen LogP contribution >= 0.6 is 0 Å². The molecule has 1 rings (SSSR count). The number of nitro groups is 1. The van der Waals surface area contributed by atoms with E-state index in [1.54, 1.807) is 0 Å². The molecule has 0 aromatic carbocycles. The number of nitrogens with zero attached hydrogens (tertiary/aromatic N) is 4. The Kier molecular flexibility index (Phi) is 2.88. The van der Waals surface area contributed by atoms with E-state index in [1.165, 1.54) is 14.1 Å². The molecule has 2 amide bonds. The van der Waals surface area contributed by atoms with E-state index in [0.29, 0.717) is 6.41 Å². The topological polar surface area (TPSA) is 124 Å². The van der Waals surface area contributed by atoms with Crippen molar-refractivity contribution in [3.63, 3.8) is 0 Å². The SMILES string of the molecule is CN(C=O)c1c([N+](=O)[O-])c(C(N)=O)nn1C. The number of hydrogen-bond acceptors (Lipinski definition) is 5. The highest BCUT2D eigenvalue weighted by molar-refractivity contribution is 5.98. The number of amides is 2. The van der Waals surface area contributed by atoms with Gasteiger partial charge in [-0.3, -0.25) is 24.6 Å². The molecule has 0 unspecified atom stereocenters. The molecule has 0 aliphatic heterocycles. The Morgan fingerprint density at radius 1 is 1.69 bits per heavy atom. The first-order valence-electron chi connectivity index (χ1n) is 4.09. The van der Waals surface area contributed by atoms with Crippen LogP contribution in [0.5, 0.6) is 0 Å². The second-order valence-corrected chi connectivity index (χ2v) is 2.98. The van der Waals surface area contributed by atoms with Crippen molar-refractivity contribution in [2.24, 2.45) is 12.8 Å². The zero-order valence-electron chi connectivity index (χ0n) is 8.58. The Bertz CT molecular complexity index is 466. The van der Waals surface area contributed by atoms with E-state index in [9.17, 15) is 19.7 Å². The molecule has 1 heterocycles. The fourth-order valence-corrected chi connectivity index (χ4v) is 1.28. The zero-order chi connectivity index (χ0) is 12.5. The Labute approximate surface area is 89.6 Å². The van der Waals surface area contributed by atoms with Crippen molar-refractivity contribution in [1.82, 2.24) is 9.78 Å². The molecule has 0 saturated carbocycles.